The van der Waals surface area contributed by atoms with Crippen LogP contribution in [0.4, 0.5) is 0 Å². The summed E-state index contributed by atoms with van der Waals surface area (Å²) in [5.74, 6) is 0. The van der Waals surface area contributed by atoms with E-state index >= 15 is 0 Å². The Kier molecular flexibility index (Phi) is 3.59. The van der Waals surface area contributed by atoms with Gasteiger partial charge < -0.3 is 0 Å². The van der Waals surface area contributed by atoms with Crippen LogP contribution in [0.15, 0.2) is 30.3 Å². The predicted octanol–water partition coefficient (Wildman–Crippen LogP) is 4.79. The van der Waals surface area contributed by atoms with Gasteiger partial charge in [-0.25, -0.2) is 0 Å². The zero-order valence-corrected chi connectivity index (χ0v) is 10.8. The molecule has 1 rings (SSSR count). The van der Waals surface area contributed by atoms with E-state index in [1.807, 2.05) is 0 Å². The van der Waals surface area contributed by atoms with Crippen molar-refractivity contribution < 1.29 is 0 Å². The molecule has 0 heteroatoms. The molecular formula is C15H24. The summed E-state index contributed by atoms with van der Waals surface area (Å²) >= 11 is 0. The number of benzene rings is 1. The van der Waals surface area contributed by atoms with Crippen molar-refractivity contribution in [2.24, 2.45) is 5.41 Å². The van der Waals surface area contributed by atoms with Crippen LogP contribution in [0, 0.1) is 5.41 Å². The average molecular weight is 204 g/mol. The molecule has 84 valence electrons. The van der Waals surface area contributed by atoms with E-state index in [1.165, 1.54) is 18.4 Å². The van der Waals surface area contributed by atoms with Crippen molar-refractivity contribution in [1.82, 2.24) is 0 Å². The lowest BCUT2D eigenvalue weighted by Crippen LogP contribution is -2.27. The van der Waals surface area contributed by atoms with E-state index < -0.39 is 0 Å². The lowest BCUT2D eigenvalue weighted by atomic mass is 9.69. The van der Waals surface area contributed by atoms with Crippen LogP contribution in [0.1, 0.15) is 53.0 Å². The molecule has 0 aliphatic rings. The number of rotatable bonds is 3. The molecule has 0 saturated heterocycles. The Morgan fingerprint density at radius 1 is 0.933 bits per heavy atom. The highest BCUT2D eigenvalue weighted by Crippen LogP contribution is 2.38. The van der Waals surface area contributed by atoms with Crippen LogP contribution in [0.2, 0.25) is 0 Å². The molecular weight excluding hydrogens is 180 g/mol. The zero-order chi connectivity index (χ0) is 11.5. The highest BCUT2D eigenvalue weighted by Gasteiger charge is 2.29. The van der Waals surface area contributed by atoms with Gasteiger partial charge in [0.05, 0.1) is 0 Å². The third-order valence-electron chi connectivity index (χ3n) is 3.17. The summed E-state index contributed by atoms with van der Waals surface area (Å²) < 4.78 is 0. The second kappa shape index (κ2) is 4.38. The lowest BCUT2D eigenvalue weighted by molar-refractivity contribution is 0.261. The minimum absolute atomic E-state index is 0.319. The smallest absolute Gasteiger partial charge is 0.00729 e. The van der Waals surface area contributed by atoms with Crippen molar-refractivity contribution in [3.63, 3.8) is 0 Å². The van der Waals surface area contributed by atoms with Gasteiger partial charge in [0.15, 0.2) is 0 Å². The lowest BCUT2D eigenvalue weighted by Gasteiger charge is -2.35. The fraction of sp³-hybridized carbons (Fsp3) is 0.600. The van der Waals surface area contributed by atoms with Crippen LogP contribution in [-0.2, 0) is 5.41 Å². The van der Waals surface area contributed by atoms with Crippen molar-refractivity contribution in [2.45, 2.75) is 52.9 Å². The SMILES string of the molecule is CCC(C)(CC(C)(C)C)c1ccccc1. The van der Waals surface area contributed by atoms with E-state index in [4.69, 9.17) is 0 Å². The fourth-order valence-corrected chi connectivity index (χ4v) is 2.44. The maximum atomic E-state index is 2.38. The molecule has 0 saturated carbocycles. The molecule has 0 bridgehead atoms. The second-order valence-electron chi connectivity index (χ2n) is 6.02. The van der Waals surface area contributed by atoms with Gasteiger partial charge in [-0.15, -0.1) is 0 Å². The maximum Gasteiger partial charge on any atom is -0.00729 e. The topological polar surface area (TPSA) is 0 Å². The summed E-state index contributed by atoms with van der Waals surface area (Å²) in [6, 6.07) is 10.9. The van der Waals surface area contributed by atoms with Crippen LogP contribution in [0.3, 0.4) is 0 Å². The first kappa shape index (κ1) is 12.3. The van der Waals surface area contributed by atoms with Gasteiger partial charge in [0.1, 0.15) is 0 Å². The van der Waals surface area contributed by atoms with Crippen molar-refractivity contribution >= 4 is 0 Å². The molecule has 0 N–H and O–H groups in total. The van der Waals surface area contributed by atoms with Crippen LogP contribution < -0.4 is 0 Å². The van der Waals surface area contributed by atoms with Crippen LogP contribution in [0.5, 0.6) is 0 Å². The molecule has 1 aromatic rings. The first-order chi connectivity index (χ1) is 6.87. The van der Waals surface area contributed by atoms with Crippen molar-refractivity contribution in [1.29, 1.82) is 0 Å². The van der Waals surface area contributed by atoms with Crippen LogP contribution in [-0.4, -0.2) is 0 Å². The Labute approximate surface area is 94.7 Å². The minimum Gasteiger partial charge on any atom is -0.0645 e. The summed E-state index contributed by atoms with van der Waals surface area (Å²) in [4.78, 5) is 0. The minimum atomic E-state index is 0.319. The number of hydrogen-bond donors (Lipinski definition) is 0. The quantitative estimate of drug-likeness (QED) is 0.664. The van der Waals surface area contributed by atoms with Gasteiger partial charge in [-0.3, -0.25) is 0 Å². The number of hydrogen-bond acceptors (Lipinski definition) is 0. The summed E-state index contributed by atoms with van der Waals surface area (Å²) in [5.41, 5.74) is 2.18. The first-order valence-corrected chi connectivity index (χ1v) is 5.93. The van der Waals surface area contributed by atoms with E-state index in [0.717, 1.165) is 0 Å². The van der Waals surface area contributed by atoms with Gasteiger partial charge in [0, 0.05) is 0 Å². The summed E-state index contributed by atoms with van der Waals surface area (Å²) in [5, 5.41) is 0. The maximum absolute atomic E-state index is 2.38. The molecule has 1 atom stereocenters. The molecule has 0 amide bonds. The van der Waals surface area contributed by atoms with Crippen LogP contribution >= 0.6 is 0 Å². The van der Waals surface area contributed by atoms with E-state index in [2.05, 4.69) is 65.0 Å². The normalized spacial score (nSPS) is 16.1. The monoisotopic (exact) mass is 204 g/mol. The first-order valence-electron chi connectivity index (χ1n) is 5.93. The molecule has 0 nitrogen and oxygen atoms in total. The van der Waals surface area contributed by atoms with Crippen molar-refractivity contribution in [2.75, 3.05) is 0 Å². The largest absolute Gasteiger partial charge is 0.0645 e. The molecule has 0 spiro atoms. The second-order valence-corrected chi connectivity index (χ2v) is 6.02. The summed E-state index contributed by atoms with van der Waals surface area (Å²) in [6.45, 7) is 11.6. The van der Waals surface area contributed by atoms with E-state index in [-0.39, 0.29) is 0 Å². The fourth-order valence-electron chi connectivity index (χ4n) is 2.44. The standard InChI is InChI=1S/C15H24/c1-6-15(5,12-14(2,3)4)13-10-8-7-9-11-13/h7-11H,6,12H2,1-5H3. The Bertz CT molecular complexity index is 292. The predicted molar refractivity (Wildman–Crippen MR) is 68.2 cm³/mol. The Morgan fingerprint density at radius 3 is 1.87 bits per heavy atom. The van der Waals surface area contributed by atoms with E-state index in [1.54, 1.807) is 0 Å². The van der Waals surface area contributed by atoms with Crippen molar-refractivity contribution in [3.8, 4) is 0 Å². The molecule has 0 aliphatic heterocycles. The van der Waals surface area contributed by atoms with Gasteiger partial charge in [-0.1, -0.05) is 65.0 Å². The van der Waals surface area contributed by atoms with Gasteiger partial charge in [0.25, 0.3) is 0 Å². The Morgan fingerprint density at radius 2 is 1.47 bits per heavy atom. The summed E-state index contributed by atoms with van der Waals surface area (Å²) in [6.07, 6.45) is 2.44. The highest BCUT2D eigenvalue weighted by molar-refractivity contribution is 5.24. The van der Waals surface area contributed by atoms with Crippen LogP contribution in [0.25, 0.3) is 0 Å². The van der Waals surface area contributed by atoms with Gasteiger partial charge in [-0.2, -0.15) is 0 Å². The van der Waals surface area contributed by atoms with Gasteiger partial charge in [-0.05, 0) is 29.2 Å². The third kappa shape index (κ3) is 3.37. The average Bonchev–Trinajstić information content (AvgIpc) is 2.16. The molecule has 0 aromatic heterocycles. The van der Waals surface area contributed by atoms with E-state index in [0.29, 0.717) is 10.8 Å². The molecule has 1 unspecified atom stereocenters. The molecule has 1 aromatic carbocycles. The van der Waals surface area contributed by atoms with Gasteiger partial charge >= 0.3 is 0 Å². The summed E-state index contributed by atoms with van der Waals surface area (Å²) in [7, 11) is 0. The zero-order valence-electron chi connectivity index (χ0n) is 10.8. The van der Waals surface area contributed by atoms with E-state index in [9.17, 15) is 0 Å². The molecule has 15 heavy (non-hydrogen) atoms. The molecule has 0 aliphatic carbocycles. The highest BCUT2D eigenvalue weighted by atomic mass is 14.3. The molecule has 0 heterocycles. The third-order valence-corrected chi connectivity index (χ3v) is 3.17. The Balaban J connectivity index is 2.96. The van der Waals surface area contributed by atoms with Crippen molar-refractivity contribution in [3.05, 3.63) is 35.9 Å². The Hall–Kier alpha value is -0.780. The molecule has 0 fully saturated rings. The molecule has 0 radical (unpaired) electrons. The van der Waals surface area contributed by atoms with Gasteiger partial charge in [0.2, 0.25) is 0 Å².